The van der Waals surface area contributed by atoms with E-state index in [2.05, 4.69) is 108 Å². The minimum Gasteiger partial charge on any atom is 4.00 e. The van der Waals surface area contributed by atoms with Gasteiger partial charge >= 0.3 is 139 Å². The molecule has 0 aromatic rings. The van der Waals surface area contributed by atoms with Crippen LogP contribution in [0.4, 0.5) is 0 Å². The third-order valence-electron chi connectivity index (χ3n) is 51.1. The molecule has 0 heterocycles. The molecule has 22 rings (SSSR count). The van der Waals surface area contributed by atoms with E-state index in [1.54, 1.807) is 340 Å². The smallest absolute Gasteiger partial charge is 4.00 e. The molecule has 0 spiro atoms. The Balaban J connectivity index is 0.000000314. The van der Waals surface area contributed by atoms with Crippen molar-refractivity contribution in [1.82, 2.24) is 0 Å². The topological polar surface area (TPSA) is 0 Å². The van der Waals surface area contributed by atoms with Gasteiger partial charge in [-0.15, -0.1) is 0 Å². The third-order valence-corrected chi connectivity index (χ3v) is 71.9. The van der Waals surface area contributed by atoms with Crippen molar-refractivity contribution in [2.24, 2.45) is 213 Å². The van der Waals surface area contributed by atoms with E-state index in [-0.39, 0.29) is 100 Å². The van der Waals surface area contributed by atoms with E-state index in [4.69, 9.17) is 51.1 Å². The normalized spacial score (nSPS) is 43.4. The zero-order chi connectivity index (χ0) is 91.8. The molecule has 818 valence electrons. The largest absolute Gasteiger partial charge is 4.00 e. The second-order valence-corrected chi connectivity index (χ2v) is 87.4. The second-order valence-electron chi connectivity index (χ2n) is 55.7. The monoisotopic (exact) mass is 2530 g/mol. The maximum Gasteiger partial charge on any atom is 4.00 e. The molecule has 44 unspecified atom stereocenters. The van der Waals surface area contributed by atoms with E-state index in [1.807, 2.05) is 0 Å². The third kappa shape index (κ3) is 29.3. The van der Waals surface area contributed by atoms with Gasteiger partial charge in [0.25, 0.3) is 0 Å². The summed E-state index contributed by atoms with van der Waals surface area (Å²) in [7, 11) is 24.7. The molecule has 22 aliphatic rings. The Hall–Kier alpha value is 6.13. The standard InChI is InChI=1S/C31H54Si.C30H52Si.2C28H50Si.10CH3.6ClH.Hf.3Zr/c1-5-20(2)27-19-31(29-18-23-11-8-10-22(23)17-28(27)29)32(3,4)30-16-15-25-24-12-7-6-9-21(24)13-14-26(25)30;1-5-19(2)25-18-30(28-17-23-11-7-10-22(23)16-27(25)28)31(3,4)29-13-12-24-14-20-8-6-9-21(20)15-26(24)29;2*1-5-19(2)26-18-28(24-13-9-8-12-22(24)26)29(3,4)27-17-16-23-21-11-7-6-10-20(21)14-15-25(23)27;;;;;;;;;;;;;;;;;;;;/h20-31H,5-19H2,1-4H3;19-30H,5-18H2,1-4H3;2*19-28H,5-18H2,1-4H3;10*1H3;6*1H;;;;/q;;;;10*-1;;;;;;;4*+4/p-6. The molecule has 0 aliphatic heterocycles. The minimum atomic E-state index is -1.25. The van der Waals surface area contributed by atoms with Crippen molar-refractivity contribution in [3.05, 3.63) is 74.3 Å². The van der Waals surface area contributed by atoms with Crippen LogP contribution in [0.5, 0.6) is 0 Å². The van der Waals surface area contributed by atoms with Crippen LogP contribution in [0.2, 0.25) is 96.7 Å². The molecule has 0 bridgehead atoms. The van der Waals surface area contributed by atoms with Gasteiger partial charge in [0.05, 0.1) is 32.3 Å². The van der Waals surface area contributed by atoms with Gasteiger partial charge in [0.2, 0.25) is 0 Å². The molecule has 44 atom stereocenters. The summed E-state index contributed by atoms with van der Waals surface area (Å²) in [6.07, 6.45) is 90.6. The van der Waals surface area contributed by atoms with E-state index in [0.29, 0.717) is 0 Å². The first-order valence-corrected chi connectivity index (χ1v) is 91.2. The summed E-state index contributed by atoms with van der Waals surface area (Å²) >= 11 is -2.48. The second kappa shape index (κ2) is 62.4. The van der Waals surface area contributed by atoms with Crippen molar-refractivity contribution >= 4 is 83.4 Å². The first-order valence-electron chi connectivity index (χ1n) is 59.6. The van der Waals surface area contributed by atoms with Gasteiger partial charge in [0.15, 0.2) is 0 Å². The zero-order valence-corrected chi connectivity index (χ0v) is 117. The van der Waals surface area contributed by atoms with Gasteiger partial charge in [0.1, 0.15) is 0 Å². The first kappa shape index (κ1) is 138. The number of fused-ring (bicyclic) bond motifs is 17. The predicted molar refractivity (Wildman–Crippen MR) is 633 cm³/mol. The molecule has 0 N–H and O–H groups in total. The molecule has 22 fully saturated rings. The van der Waals surface area contributed by atoms with Crippen molar-refractivity contribution in [1.29, 1.82) is 0 Å². The van der Waals surface area contributed by atoms with Crippen LogP contribution in [0.1, 0.15) is 421 Å². The molecule has 22 saturated carbocycles. The van der Waals surface area contributed by atoms with Gasteiger partial charge in [-0.2, -0.15) is 0 Å². The molecule has 0 amide bonds. The number of rotatable bonds is 16. The summed E-state index contributed by atoms with van der Waals surface area (Å²) in [4.78, 5) is 0. The van der Waals surface area contributed by atoms with Crippen LogP contribution in [0, 0.1) is 287 Å². The van der Waals surface area contributed by atoms with E-state index >= 15 is 0 Å². The SMILES string of the molecule is CCC(C)C1CC([Si](C)(C)C2CCC3C4CCCCC4CCC32)C2CC3CCCC3CC12.CCC(C)C1CC([Si](C)(C)C2CCC3C4CCCCC4CCC32)C2CCCCC12.CCC(C)C1CC([Si](C)(C)C2CCC3C4CCCCC4CCC32)C2CCCCC12.CCC(C)C1CC([Si](C)(C)C2CCC3CC4CCCC4CC32)C2CC3CCCC3CC12.[CH3-].[CH3-].[CH3-].[CH3-].[CH3-].[CH3-].[CH3-].[CH3-].[CH3-].[CH3-].[Cl][Zr+2][Cl].[Cl][Zr+2][Cl].[Cl][Zr+2][Cl].[Hf+4]. The molecular formula is C127H236Cl6HfSi4Zr3. The van der Waals surface area contributed by atoms with Crippen molar-refractivity contribution in [2.45, 2.75) is 518 Å². The van der Waals surface area contributed by atoms with Crippen LogP contribution < -0.4 is 0 Å². The first-order chi connectivity index (χ1) is 62.7. The summed E-state index contributed by atoms with van der Waals surface area (Å²) in [5.74, 6) is 40.1. The van der Waals surface area contributed by atoms with E-state index in [1.165, 1.54) is 70.0 Å². The predicted octanol–water partition coefficient (Wildman–Crippen LogP) is 45.2. The maximum atomic E-state index is 4.93. The van der Waals surface area contributed by atoms with Crippen LogP contribution in [0.25, 0.3) is 0 Å². The van der Waals surface area contributed by atoms with Crippen molar-refractivity contribution in [3.63, 3.8) is 0 Å². The molecule has 0 aromatic heterocycles. The molecule has 0 radical (unpaired) electrons. The summed E-state index contributed by atoms with van der Waals surface area (Å²) in [5, 5.41) is 0. The maximum absolute atomic E-state index is 4.93. The van der Waals surface area contributed by atoms with Crippen LogP contribution in [0.3, 0.4) is 0 Å². The fourth-order valence-electron chi connectivity index (χ4n) is 44.6. The fraction of sp³-hybridized carbons (Fsp3) is 0.921. The van der Waals surface area contributed by atoms with Crippen LogP contribution in [0.15, 0.2) is 0 Å². The van der Waals surface area contributed by atoms with Crippen LogP contribution in [-0.4, -0.2) is 32.3 Å². The molecule has 14 heteroatoms. The van der Waals surface area contributed by atoms with Gasteiger partial charge < -0.3 is 74.3 Å². The number of halogens is 6. The molecule has 141 heavy (non-hydrogen) atoms. The van der Waals surface area contributed by atoms with Crippen LogP contribution >= 0.6 is 51.1 Å². The van der Waals surface area contributed by atoms with Gasteiger partial charge in [-0.1, -0.05) is 320 Å². The summed E-state index contributed by atoms with van der Waals surface area (Å²) < 4.78 is 0. The van der Waals surface area contributed by atoms with Gasteiger partial charge in [-0.05, 0) is 411 Å². The van der Waals surface area contributed by atoms with Gasteiger partial charge in [-0.3, -0.25) is 0 Å². The average molecular weight is 2540 g/mol. The Bertz CT molecular complexity index is 3320. The van der Waals surface area contributed by atoms with Gasteiger partial charge in [0, 0.05) is 0 Å². The van der Waals surface area contributed by atoms with Crippen molar-refractivity contribution in [2.75, 3.05) is 0 Å². The average Bonchev–Trinajstić information content (AvgIpc) is 1.60. The van der Waals surface area contributed by atoms with E-state index in [9.17, 15) is 0 Å². The number of hydrogen-bond acceptors (Lipinski definition) is 0. The Labute approximate surface area is 965 Å². The van der Waals surface area contributed by atoms with Crippen molar-refractivity contribution in [3.8, 4) is 0 Å². The summed E-state index contributed by atoms with van der Waals surface area (Å²) in [5.41, 5.74) is 9.39. The Morgan fingerprint density at radius 2 is 0.362 bits per heavy atom. The van der Waals surface area contributed by atoms with Crippen molar-refractivity contribution < 1.29 is 88.4 Å². The molecule has 0 aromatic carbocycles. The van der Waals surface area contributed by atoms with Gasteiger partial charge in [-0.25, -0.2) is 0 Å². The zero-order valence-electron chi connectivity index (χ0n) is 98.0. The molecule has 22 aliphatic carbocycles. The quantitative estimate of drug-likeness (QED) is 0.107. The van der Waals surface area contributed by atoms with E-state index in [0.717, 1.165) is 213 Å². The molecule has 0 nitrogen and oxygen atoms in total. The summed E-state index contributed by atoms with van der Waals surface area (Å²) in [6, 6.07) is 0. The number of hydrogen-bond donors (Lipinski definition) is 0. The van der Waals surface area contributed by atoms with E-state index < -0.39 is 94.8 Å². The van der Waals surface area contributed by atoms with Crippen LogP contribution in [-0.2, 0) is 88.4 Å². The minimum absolute atomic E-state index is 0. The Morgan fingerprint density at radius 1 is 0.177 bits per heavy atom. The summed E-state index contributed by atoms with van der Waals surface area (Å²) in [6.45, 7) is 43.7. The fourth-order valence-corrected chi connectivity index (χ4v) is 66.1. The Morgan fingerprint density at radius 3 is 0.638 bits per heavy atom. The molecule has 0 saturated heterocycles. The molecular weight excluding hydrogens is 2300 g/mol. The Kier molecular flexibility index (Phi) is 60.9.